The molecule has 8 heteroatoms. The number of fused-ring (bicyclic) bond motifs is 1. The smallest absolute Gasteiger partial charge is 0.306 e. The number of nitrogens with one attached hydrogen (secondary N) is 1. The van der Waals surface area contributed by atoms with Crippen molar-refractivity contribution in [3.05, 3.63) is 42.0 Å². The molecular weight excluding hydrogens is 378 g/mol. The molecule has 1 N–H and O–H groups in total. The second-order valence-corrected chi connectivity index (χ2v) is 6.38. The molecular formula is C21H23NO7. The second kappa shape index (κ2) is 9.18. The molecule has 0 aromatic heterocycles. The van der Waals surface area contributed by atoms with Crippen molar-refractivity contribution < 1.29 is 33.3 Å². The summed E-state index contributed by atoms with van der Waals surface area (Å²) in [4.78, 5) is 24.4. The van der Waals surface area contributed by atoms with Gasteiger partial charge >= 0.3 is 5.97 Å². The van der Waals surface area contributed by atoms with Gasteiger partial charge in [-0.15, -0.1) is 0 Å². The van der Waals surface area contributed by atoms with Crippen molar-refractivity contribution in [2.75, 3.05) is 26.3 Å². The predicted molar refractivity (Wildman–Crippen MR) is 105 cm³/mol. The fourth-order valence-electron chi connectivity index (χ4n) is 2.81. The van der Waals surface area contributed by atoms with E-state index in [1.807, 2.05) is 12.1 Å². The van der Waals surface area contributed by atoms with Crippen LogP contribution >= 0.6 is 0 Å². The SMILES string of the molecule is COc1ccc(CCC(=O)O[C@@H](C)C(=O)Nc2ccc3c(c2)OCO3)cc1OC. The van der Waals surface area contributed by atoms with Crippen molar-refractivity contribution in [2.24, 2.45) is 0 Å². The summed E-state index contributed by atoms with van der Waals surface area (Å²) in [6.45, 7) is 1.68. The fourth-order valence-corrected chi connectivity index (χ4v) is 2.81. The van der Waals surface area contributed by atoms with Crippen LogP contribution < -0.4 is 24.3 Å². The Hall–Kier alpha value is -3.42. The highest BCUT2D eigenvalue weighted by Crippen LogP contribution is 2.34. The number of ether oxygens (including phenoxy) is 5. The maximum Gasteiger partial charge on any atom is 0.306 e. The number of carbonyl (C=O) groups excluding carboxylic acids is 2. The number of hydrogen-bond donors (Lipinski definition) is 1. The van der Waals surface area contributed by atoms with E-state index >= 15 is 0 Å². The van der Waals surface area contributed by atoms with Crippen molar-refractivity contribution in [1.82, 2.24) is 0 Å². The molecule has 0 fully saturated rings. The molecule has 0 saturated heterocycles. The molecule has 0 radical (unpaired) electrons. The van der Waals surface area contributed by atoms with E-state index in [-0.39, 0.29) is 13.2 Å². The van der Waals surface area contributed by atoms with Crippen molar-refractivity contribution in [3.63, 3.8) is 0 Å². The highest BCUT2D eigenvalue weighted by atomic mass is 16.7. The van der Waals surface area contributed by atoms with Crippen LogP contribution in [-0.4, -0.2) is 39.0 Å². The summed E-state index contributed by atoms with van der Waals surface area (Å²) in [5, 5.41) is 2.70. The molecule has 1 atom stereocenters. The lowest BCUT2D eigenvalue weighted by Crippen LogP contribution is -2.30. The van der Waals surface area contributed by atoms with Gasteiger partial charge in [-0.2, -0.15) is 0 Å². The molecule has 2 aromatic carbocycles. The van der Waals surface area contributed by atoms with Crippen LogP contribution in [0.4, 0.5) is 5.69 Å². The van der Waals surface area contributed by atoms with Crippen LogP contribution in [0.25, 0.3) is 0 Å². The van der Waals surface area contributed by atoms with Crippen LogP contribution in [0.1, 0.15) is 18.9 Å². The average Bonchev–Trinajstić information content (AvgIpc) is 3.19. The van der Waals surface area contributed by atoms with Gasteiger partial charge in [-0.25, -0.2) is 0 Å². The van der Waals surface area contributed by atoms with E-state index in [1.165, 1.54) is 6.92 Å². The van der Waals surface area contributed by atoms with Crippen LogP contribution in [-0.2, 0) is 20.7 Å². The highest BCUT2D eigenvalue weighted by molar-refractivity contribution is 5.95. The van der Waals surface area contributed by atoms with Crippen LogP contribution in [0.5, 0.6) is 23.0 Å². The molecule has 0 unspecified atom stereocenters. The number of aryl methyl sites for hydroxylation is 1. The van der Waals surface area contributed by atoms with Gasteiger partial charge in [0.25, 0.3) is 5.91 Å². The zero-order valence-corrected chi connectivity index (χ0v) is 16.5. The van der Waals surface area contributed by atoms with E-state index in [2.05, 4.69) is 5.32 Å². The molecule has 1 aliphatic rings. The van der Waals surface area contributed by atoms with E-state index in [9.17, 15) is 9.59 Å². The third-order valence-electron chi connectivity index (χ3n) is 4.38. The molecule has 1 heterocycles. The standard InChI is InChI=1S/C21H23NO7/c1-13(21(24)22-15-6-8-17-19(11-15)28-12-27-17)29-20(23)9-5-14-4-7-16(25-2)18(10-14)26-3/h4,6-8,10-11,13H,5,9,12H2,1-3H3,(H,22,24)/t13-/m0/s1. The number of methoxy groups -OCH3 is 2. The zero-order chi connectivity index (χ0) is 20.8. The summed E-state index contributed by atoms with van der Waals surface area (Å²) >= 11 is 0. The van der Waals surface area contributed by atoms with E-state index in [0.717, 1.165) is 5.56 Å². The molecule has 3 rings (SSSR count). The number of anilines is 1. The Morgan fingerprint density at radius 2 is 1.79 bits per heavy atom. The first-order chi connectivity index (χ1) is 14.0. The Kier molecular flexibility index (Phi) is 6.43. The van der Waals surface area contributed by atoms with Gasteiger partial charge < -0.3 is 29.0 Å². The number of rotatable bonds is 8. The minimum Gasteiger partial charge on any atom is -0.493 e. The van der Waals surface area contributed by atoms with Gasteiger partial charge in [0.05, 0.1) is 14.2 Å². The highest BCUT2D eigenvalue weighted by Gasteiger charge is 2.20. The summed E-state index contributed by atoms with van der Waals surface area (Å²) in [7, 11) is 3.11. The second-order valence-electron chi connectivity index (χ2n) is 6.38. The van der Waals surface area contributed by atoms with Crippen molar-refractivity contribution in [3.8, 4) is 23.0 Å². The normalized spacial score (nSPS) is 12.8. The Morgan fingerprint density at radius 1 is 1.03 bits per heavy atom. The van der Waals surface area contributed by atoms with Crippen LogP contribution in [0.2, 0.25) is 0 Å². The van der Waals surface area contributed by atoms with E-state index in [4.69, 9.17) is 23.7 Å². The van der Waals surface area contributed by atoms with Crippen LogP contribution in [0, 0.1) is 0 Å². The molecule has 0 bridgehead atoms. The summed E-state index contributed by atoms with van der Waals surface area (Å²) in [6, 6.07) is 10.5. The summed E-state index contributed by atoms with van der Waals surface area (Å²) in [5.41, 5.74) is 1.43. The maximum absolute atomic E-state index is 12.3. The number of carbonyl (C=O) groups is 2. The Morgan fingerprint density at radius 3 is 2.55 bits per heavy atom. The first-order valence-corrected chi connectivity index (χ1v) is 9.11. The molecule has 1 amide bonds. The zero-order valence-electron chi connectivity index (χ0n) is 16.5. The van der Waals surface area contributed by atoms with Crippen molar-refractivity contribution in [1.29, 1.82) is 0 Å². The number of hydrogen-bond acceptors (Lipinski definition) is 7. The Bertz CT molecular complexity index is 897. The van der Waals surface area contributed by atoms with Gasteiger partial charge in [0.2, 0.25) is 6.79 Å². The predicted octanol–water partition coefficient (Wildman–Crippen LogP) is 2.94. The molecule has 0 aliphatic carbocycles. The molecule has 2 aromatic rings. The molecule has 8 nitrogen and oxygen atoms in total. The minimum atomic E-state index is -0.932. The molecule has 0 saturated carbocycles. The average molecular weight is 401 g/mol. The summed E-state index contributed by atoms with van der Waals surface area (Å²) in [5.74, 6) is 1.50. The summed E-state index contributed by atoms with van der Waals surface area (Å²) < 4.78 is 26.2. The lowest BCUT2D eigenvalue weighted by Gasteiger charge is -2.14. The van der Waals surface area contributed by atoms with Crippen molar-refractivity contribution >= 4 is 17.6 Å². The van der Waals surface area contributed by atoms with Gasteiger partial charge in [-0.05, 0) is 43.2 Å². The van der Waals surface area contributed by atoms with Crippen LogP contribution in [0.15, 0.2) is 36.4 Å². The fraction of sp³-hybridized carbons (Fsp3) is 0.333. The lowest BCUT2D eigenvalue weighted by molar-refractivity contribution is -0.153. The molecule has 0 spiro atoms. The number of amides is 1. The monoisotopic (exact) mass is 401 g/mol. The first kappa shape index (κ1) is 20.3. The lowest BCUT2D eigenvalue weighted by atomic mass is 10.1. The van der Waals surface area contributed by atoms with Gasteiger partial charge in [0.15, 0.2) is 29.1 Å². The maximum atomic E-state index is 12.3. The van der Waals surface area contributed by atoms with E-state index in [1.54, 1.807) is 38.5 Å². The number of benzene rings is 2. The summed E-state index contributed by atoms with van der Waals surface area (Å²) in [6.07, 6.45) is -0.342. The Balaban J connectivity index is 1.49. The van der Waals surface area contributed by atoms with Gasteiger partial charge in [0, 0.05) is 18.2 Å². The first-order valence-electron chi connectivity index (χ1n) is 9.11. The largest absolute Gasteiger partial charge is 0.493 e. The Labute approximate surface area is 168 Å². The molecule has 154 valence electrons. The van der Waals surface area contributed by atoms with Gasteiger partial charge in [-0.3, -0.25) is 9.59 Å². The van der Waals surface area contributed by atoms with Crippen molar-refractivity contribution in [2.45, 2.75) is 25.9 Å². The molecule has 1 aliphatic heterocycles. The minimum absolute atomic E-state index is 0.136. The van der Waals surface area contributed by atoms with Crippen LogP contribution in [0.3, 0.4) is 0 Å². The third kappa shape index (κ3) is 5.10. The van der Waals surface area contributed by atoms with Gasteiger partial charge in [0.1, 0.15) is 0 Å². The van der Waals surface area contributed by atoms with Gasteiger partial charge in [-0.1, -0.05) is 6.07 Å². The number of esters is 1. The van der Waals surface area contributed by atoms with E-state index in [0.29, 0.717) is 35.1 Å². The molecule has 29 heavy (non-hydrogen) atoms. The van der Waals surface area contributed by atoms with E-state index < -0.39 is 18.0 Å². The quantitative estimate of drug-likeness (QED) is 0.680. The topological polar surface area (TPSA) is 92.3 Å². The third-order valence-corrected chi connectivity index (χ3v) is 4.38.